The Bertz CT molecular complexity index is 981. The fourth-order valence-electron chi connectivity index (χ4n) is 3.08. The number of amides is 1. The number of hydrogen-bond acceptors (Lipinski definition) is 8. The predicted molar refractivity (Wildman–Crippen MR) is 104 cm³/mol. The molecule has 9 heteroatoms. The first-order chi connectivity index (χ1) is 12.5. The quantitative estimate of drug-likeness (QED) is 0.519. The lowest BCUT2D eigenvalue weighted by atomic mass is 9.97. The number of anilines is 2. The Hall–Kier alpha value is -2.13. The van der Waals surface area contributed by atoms with Crippen LogP contribution in [0.25, 0.3) is 10.2 Å². The maximum atomic E-state index is 12.3. The topological polar surface area (TPSA) is 107 Å². The molecule has 3 aromatic rings. The molecule has 1 atom stereocenters. The molecule has 3 heterocycles. The number of aromatic nitrogens is 3. The van der Waals surface area contributed by atoms with Crippen molar-refractivity contribution in [3.63, 3.8) is 0 Å². The Kier molecular flexibility index (Phi) is 4.58. The molecule has 0 aliphatic heterocycles. The van der Waals surface area contributed by atoms with Gasteiger partial charge in [-0.3, -0.25) is 10.1 Å². The molecule has 1 amide bonds. The van der Waals surface area contributed by atoms with E-state index in [0.717, 1.165) is 23.1 Å². The zero-order chi connectivity index (χ0) is 18.3. The van der Waals surface area contributed by atoms with Gasteiger partial charge in [-0.05, 0) is 45.1 Å². The minimum Gasteiger partial charge on any atom is -0.383 e. The van der Waals surface area contributed by atoms with E-state index in [1.54, 1.807) is 31.3 Å². The fourth-order valence-corrected chi connectivity index (χ4v) is 5.18. The Morgan fingerprint density at radius 3 is 2.96 bits per heavy atom. The lowest BCUT2D eigenvalue weighted by Gasteiger charge is -2.11. The zero-order valence-electron chi connectivity index (χ0n) is 14.5. The molecule has 0 bridgehead atoms. The Morgan fingerprint density at radius 2 is 2.19 bits per heavy atom. The van der Waals surface area contributed by atoms with E-state index < -0.39 is 5.25 Å². The van der Waals surface area contributed by atoms with Crippen LogP contribution in [0.2, 0.25) is 0 Å². The van der Waals surface area contributed by atoms with Crippen LogP contribution in [0.15, 0.2) is 15.7 Å². The van der Waals surface area contributed by atoms with Gasteiger partial charge in [0, 0.05) is 10.9 Å². The summed E-state index contributed by atoms with van der Waals surface area (Å²) in [6.45, 7) is 3.59. The fraction of sp³-hybridized carbons (Fsp3) is 0.412. The molecule has 4 rings (SSSR count). The highest BCUT2D eigenvalue weighted by Gasteiger charge is 2.22. The first-order valence-electron chi connectivity index (χ1n) is 8.50. The van der Waals surface area contributed by atoms with Crippen molar-refractivity contribution in [3.8, 4) is 0 Å². The third-order valence-electron chi connectivity index (χ3n) is 4.35. The summed E-state index contributed by atoms with van der Waals surface area (Å²) in [7, 11) is 0. The highest BCUT2D eigenvalue weighted by atomic mass is 32.2. The van der Waals surface area contributed by atoms with E-state index in [-0.39, 0.29) is 5.91 Å². The summed E-state index contributed by atoms with van der Waals surface area (Å²) in [5.74, 6) is 0.649. The van der Waals surface area contributed by atoms with E-state index >= 15 is 0 Å². The number of nitrogens with one attached hydrogen (secondary N) is 1. The van der Waals surface area contributed by atoms with Crippen molar-refractivity contribution < 1.29 is 9.32 Å². The largest absolute Gasteiger partial charge is 0.383 e. The number of aryl methyl sites for hydroxylation is 3. The summed E-state index contributed by atoms with van der Waals surface area (Å²) in [5, 5.41) is 7.58. The summed E-state index contributed by atoms with van der Waals surface area (Å²) in [6.07, 6.45) is 4.54. The second-order valence-electron chi connectivity index (χ2n) is 6.36. The smallest absolute Gasteiger partial charge is 0.240 e. The van der Waals surface area contributed by atoms with Crippen molar-refractivity contribution in [1.82, 2.24) is 15.1 Å². The van der Waals surface area contributed by atoms with Crippen molar-refractivity contribution >= 4 is 50.9 Å². The van der Waals surface area contributed by atoms with Gasteiger partial charge in [0.05, 0.1) is 16.3 Å². The van der Waals surface area contributed by atoms with Crippen LogP contribution >= 0.6 is 23.1 Å². The normalized spacial score (nSPS) is 15.0. The number of nitrogen functional groups attached to an aromatic ring is 1. The molecule has 1 aliphatic rings. The zero-order valence-corrected chi connectivity index (χ0v) is 16.2. The lowest BCUT2D eigenvalue weighted by molar-refractivity contribution is -0.115. The molecule has 0 saturated carbocycles. The van der Waals surface area contributed by atoms with E-state index in [4.69, 9.17) is 10.3 Å². The Morgan fingerprint density at radius 1 is 1.38 bits per heavy atom. The van der Waals surface area contributed by atoms with Crippen LogP contribution in [0.3, 0.4) is 0 Å². The summed E-state index contributed by atoms with van der Waals surface area (Å²) >= 11 is 2.98. The van der Waals surface area contributed by atoms with Crippen LogP contribution in [0.5, 0.6) is 0 Å². The van der Waals surface area contributed by atoms with Crippen LogP contribution in [0.4, 0.5) is 11.7 Å². The minimum atomic E-state index is -0.396. The number of rotatable bonds is 4. The lowest BCUT2D eigenvalue weighted by Crippen LogP contribution is -2.22. The summed E-state index contributed by atoms with van der Waals surface area (Å²) in [4.78, 5) is 23.7. The predicted octanol–water partition coefficient (Wildman–Crippen LogP) is 3.57. The van der Waals surface area contributed by atoms with Gasteiger partial charge in [0.25, 0.3) is 0 Å². The van der Waals surface area contributed by atoms with Gasteiger partial charge in [0.2, 0.25) is 11.8 Å². The average molecular weight is 390 g/mol. The van der Waals surface area contributed by atoms with Crippen LogP contribution in [0, 0.1) is 6.92 Å². The van der Waals surface area contributed by atoms with Gasteiger partial charge in [-0.15, -0.1) is 11.3 Å². The third-order valence-corrected chi connectivity index (χ3v) is 6.49. The average Bonchev–Trinajstić information content (AvgIpc) is 3.17. The highest BCUT2D eigenvalue weighted by Crippen LogP contribution is 2.38. The van der Waals surface area contributed by atoms with Crippen LogP contribution in [0.1, 0.15) is 35.9 Å². The second kappa shape index (κ2) is 6.88. The van der Waals surface area contributed by atoms with Gasteiger partial charge in [0.1, 0.15) is 10.6 Å². The van der Waals surface area contributed by atoms with Crippen molar-refractivity contribution in [2.45, 2.75) is 49.9 Å². The van der Waals surface area contributed by atoms with Gasteiger partial charge in [-0.25, -0.2) is 9.97 Å². The molecule has 0 aromatic carbocycles. The number of fused-ring (bicyclic) bond motifs is 3. The molecule has 0 unspecified atom stereocenters. The number of hydrogen-bond donors (Lipinski definition) is 2. The molecule has 0 fully saturated rings. The van der Waals surface area contributed by atoms with Crippen LogP contribution < -0.4 is 11.1 Å². The van der Waals surface area contributed by atoms with Crippen molar-refractivity contribution in [3.05, 3.63) is 22.2 Å². The Labute approximate surface area is 158 Å². The molecular formula is C17H19N5O2S2. The molecule has 1 aliphatic carbocycles. The van der Waals surface area contributed by atoms with E-state index in [1.807, 2.05) is 0 Å². The standard InChI is InChI=1S/C17H19N5O2S2/c1-8-7-12(24-22-8)19-15(23)9(2)25-17-20-14(18)13-10-5-3-4-6-11(10)26-16(13)21-17/h7,9H,3-6H2,1-2H3,(H,19,23)(H2,18,20,21)/t9-/m1/s1. The molecular weight excluding hydrogens is 370 g/mol. The molecule has 3 N–H and O–H groups in total. The molecule has 0 spiro atoms. The minimum absolute atomic E-state index is 0.195. The summed E-state index contributed by atoms with van der Waals surface area (Å²) in [6, 6.07) is 1.67. The van der Waals surface area contributed by atoms with Crippen LogP contribution in [-0.4, -0.2) is 26.3 Å². The highest BCUT2D eigenvalue weighted by molar-refractivity contribution is 8.00. The maximum absolute atomic E-state index is 12.3. The first kappa shape index (κ1) is 17.3. The summed E-state index contributed by atoms with van der Waals surface area (Å²) < 4.78 is 5.02. The number of carbonyl (C=O) groups excluding carboxylic acids is 1. The van der Waals surface area contributed by atoms with Gasteiger partial charge < -0.3 is 10.3 Å². The summed E-state index contributed by atoms with van der Waals surface area (Å²) in [5.41, 5.74) is 8.25. The number of carbonyl (C=O) groups is 1. The second-order valence-corrected chi connectivity index (χ2v) is 8.76. The SMILES string of the molecule is Cc1cc(NC(=O)[C@@H](C)Sc2nc(N)c3c4c(sc3n2)CCCC4)on1. The number of nitrogens with two attached hydrogens (primary N) is 1. The van der Waals surface area contributed by atoms with Gasteiger partial charge >= 0.3 is 0 Å². The molecule has 0 saturated heterocycles. The molecule has 26 heavy (non-hydrogen) atoms. The molecule has 136 valence electrons. The maximum Gasteiger partial charge on any atom is 0.240 e. The van der Waals surface area contributed by atoms with Gasteiger partial charge in [-0.1, -0.05) is 16.9 Å². The van der Waals surface area contributed by atoms with E-state index in [1.165, 1.54) is 35.0 Å². The Balaban J connectivity index is 1.54. The van der Waals surface area contributed by atoms with Crippen molar-refractivity contribution in [2.75, 3.05) is 11.1 Å². The van der Waals surface area contributed by atoms with Crippen molar-refractivity contribution in [2.24, 2.45) is 0 Å². The number of thiophene rings is 1. The van der Waals surface area contributed by atoms with Gasteiger partial charge in [-0.2, -0.15) is 0 Å². The first-order valence-corrected chi connectivity index (χ1v) is 10.2. The van der Waals surface area contributed by atoms with Crippen molar-refractivity contribution in [1.29, 1.82) is 0 Å². The van der Waals surface area contributed by atoms with Crippen LogP contribution in [-0.2, 0) is 17.6 Å². The van der Waals surface area contributed by atoms with E-state index in [0.29, 0.717) is 22.6 Å². The molecule has 7 nitrogen and oxygen atoms in total. The number of nitrogens with zero attached hydrogens (tertiary/aromatic N) is 3. The van der Waals surface area contributed by atoms with E-state index in [2.05, 4.69) is 20.4 Å². The monoisotopic (exact) mass is 389 g/mol. The number of thioether (sulfide) groups is 1. The molecule has 0 radical (unpaired) electrons. The van der Waals surface area contributed by atoms with E-state index in [9.17, 15) is 4.79 Å². The third kappa shape index (κ3) is 3.28. The molecule has 3 aromatic heterocycles. The van der Waals surface area contributed by atoms with Gasteiger partial charge in [0.15, 0.2) is 5.16 Å².